The number of hydrogen-bond donors (Lipinski definition) is 1. The van der Waals surface area contributed by atoms with Gasteiger partial charge >= 0.3 is 0 Å². The van der Waals surface area contributed by atoms with Crippen LogP contribution in [-0.2, 0) is 13.0 Å². The molecule has 0 spiro atoms. The third-order valence-electron chi connectivity index (χ3n) is 3.52. The molecule has 0 saturated heterocycles. The Kier molecular flexibility index (Phi) is 3.99. The normalized spacial score (nSPS) is 11.0. The number of methoxy groups -OCH3 is 1. The first-order valence-electron chi connectivity index (χ1n) is 6.68. The zero-order valence-corrected chi connectivity index (χ0v) is 13.2. The van der Waals surface area contributed by atoms with Gasteiger partial charge in [-0.2, -0.15) is 0 Å². The van der Waals surface area contributed by atoms with E-state index in [1.54, 1.807) is 7.11 Å². The average Bonchev–Trinajstić information content (AvgIpc) is 2.80. The molecule has 0 aliphatic heterocycles. The second-order valence-electron chi connectivity index (χ2n) is 4.84. The predicted molar refractivity (Wildman–Crippen MR) is 88.8 cm³/mol. The Morgan fingerprint density at radius 2 is 1.95 bits per heavy atom. The number of aromatic nitrogens is 2. The molecule has 2 aromatic carbocycles. The molecule has 0 aliphatic carbocycles. The molecule has 0 fully saturated rings. The highest BCUT2D eigenvalue weighted by Crippen LogP contribution is 2.20. The maximum absolute atomic E-state index is 6.08. The lowest BCUT2D eigenvalue weighted by Gasteiger charge is -2.06. The van der Waals surface area contributed by atoms with Crippen LogP contribution >= 0.6 is 23.8 Å². The van der Waals surface area contributed by atoms with Crippen molar-refractivity contribution in [2.24, 2.45) is 0 Å². The van der Waals surface area contributed by atoms with Crippen LogP contribution in [0.5, 0.6) is 5.75 Å². The molecule has 0 aliphatic rings. The summed E-state index contributed by atoms with van der Waals surface area (Å²) >= 11 is 11.5. The number of hydrogen-bond acceptors (Lipinski definition) is 2. The molecule has 5 heteroatoms. The van der Waals surface area contributed by atoms with Gasteiger partial charge in [0.25, 0.3) is 0 Å². The van der Waals surface area contributed by atoms with Crippen LogP contribution in [0, 0.1) is 4.77 Å². The van der Waals surface area contributed by atoms with E-state index in [2.05, 4.69) is 21.7 Å². The molecule has 3 nitrogen and oxygen atoms in total. The number of aromatic amines is 1. The van der Waals surface area contributed by atoms with Gasteiger partial charge in [-0.05, 0) is 54.5 Å². The van der Waals surface area contributed by atoms with Crippen LogP contribution in [0.3, 0.4) is 0 Å². The Hall–Kier alpha value is -1.78. The standard InChI is InChI=1S/C16H15ClN2OS/c1-20-13-5-2-11(3-6-13)8-9-19-15-10-12(17)4-7-14(15)18-16(19)21/h2-7,10H,8-9H2,1H3,(H,18,21). The highest BCUT2D eigenvalue weighted by molar-refractivity contribution is 7.71. The Labute approximate surface area is 133 Å². The van der Waals surface area contributed by atoms with Crippen LogP contribution < -0.4 is 4.74 Å². The summed E-state index contributed by atoms with van der Waals surface area (Å²) in [6.07, 6.45) is 0.901. The number of nitrogens with one attached hydrogen (secondary N) is 1. The number of aryl methyl sites for hydroxylation is 2. The minimum Gasteiger partial charge on any atom is -0.497 e. The van der Waals surface area contributed by atoms with Gasteiger partial charge in [-0.3, -0.25) is 0 Å². The molecule has 0 bridgehead atoms. The predicted octanol–water partition coefficient (Wildman–Crippen LogP) is 4.60. The number of H-pyrrole nitrogens is 1. The summed E-state index contributed by atoms with van der Waals surface area (Å²) in [5.41, 5.74) is 3.30. The molecule has 108 valence electrons. The van der Waals surface area contributed by atoms with E-state index >= 15 is 0 Å². The van der Waals surface area contributed by atoms with Crippen molar-refractivity contribution in [1.29, 1.82) is 0 Å². The molecular formula is C16H15ClN2OS. The molecule has 0 radical (unpaired) electrons. The first-order valence-corrected chi connectivity index (χ1v) is 7.47. The lowest BCUT2D eigenvalue weighted by molar-refractivity contribution is 0.414. The molecule has 0 amide bonds. The maximum Gasteiger partial charge on any atom is 0.178 e. The molecule has 21 heavy (non-hydrogen) atoms. The SMILES string of the molecule is COc1ccc(CCn2c(=S)[nH]c3ccc(Cl)cc32)cc1. The van der Waals surface area contributed by atoms with Gasteiger partial charge < -0.3 is 14.3 Å². The molecule has 0 atom stereocenters. The van der Waals surface area contributed by atoms with Gasteiger partial charge in [-0.15, -0.1) is 0 Å². The molecule has 3 aromatic rings. The van der Waals surface area contributed by atoms with Crippen molar-refractivity contribution in [2.75, 3.05) is 7.11 Å². The number of halogens is 1. The van der Waals surface area contributed by atoms with Crippen LogP contribution in [0.2, 0.25) is 5.02 Å². The Morgan fingerprint density at radius 1 is 1.19 bits per heavy atom. The third kappa shape index (κ3) is 2.96. The van der Waals surface area contributed by atoms with Gasteiger partial charge in [0.05, 0.1) is 18.1 Å². The monoisotopic (exact) mass is 318 g/mol. The smallest absolute Gasteiger partial charge is 0.178 e. The quantitative estimate of drug-likeness (QED) is 0.712. The second kappa shape index (κ2) is 5.92. The van der Waals surface area contributed by atoms with Gasteiger partial charge in [0.1, 0.15) is 5.75 Å². The van der Waals surface area contributed by atoms with Gasteiger partial charge in [-0.25, -0.2) is 0 Å². The van der Waals surface area contributed by atoms with Crippen LogP contribution in [0.25, 0.3) is 11.0 Å². The van der Waals surface area contributed by atoms with Crippen LogP contribution in [-0.4, -0.2) is 16.7 Å². The highest BCUT2D eigenvalue weighted by atomic mass is 35.5. The Balaban J connectivity index is 1.85. The fourth-order valence-electron chi connectivity index (χ4n) is 2.38. The number of rotatable bonds is 4. The van der Waals surface area contributed by atoms with Crippen LogP contribution in [0.1, 0.15) is 5.56 Å². The molecule has 3 rings (SSSR count). The summed E-state index contributed by atoms with van der Waals surface area (Å²) in [4.78, 5) is 3.21. The van der Waals surface area contributed by atoms with E-state index in [1.165, 1.54) is 5.56 Å². The molecule has 0 saturated carbocycles. The minimum atomic E-state index is 0.717. The summed E-state index contributed by atoms with van der Waals surface area (Å²) in [7, 11) is 1.67. The van der Waals surface area contributed by atoms with Crippen molar-refractivity contribution in [1.82, 2.24) is 9.55 Å². The van der Waals surface area contributed by atoms with E-state index in [0.717, 1.165) is 39.5 Å². The van der Waals surface area contributed by atoms with Crippen molar-refractivity contribution < 1.29 is 4.74 Å². The lowest BCUT2D eigenvalue weighted by atomic mass is 10.1. The van der Waals surface area contributed by atoms with Gasteiger partial charge in [-0.1, -0.05) is 23.7 Å². The van der Waals surface area contributed by atoms with Crippen LogP contribution in [0.15, 0.2) is 42.5 Å². The number of imidazole rings is 1. The summed E-state index contributed by atoms with van der Waals surface area (Å²) < 4.78 is 7.98. The van der Waals surface area contributed by atoms with E-state index in [9.17, 15) is 0 Å². The Morgan fingerprint density at radius 3 is 2.67 bits per heavy atom. The first kappa shape index (κ1) is 14.2. The zero-order chi connectivity index (χ0) is 14.8. The minimum absolute atomic E-state index is 0.717. The zero-order valence-electron chi connectivity index (χ0n) is 11.6. The molecule has 0 unspecified atom stereocenters. The Bertz CT molecular complexity index is 820. The van der Waals surface area contributed by atoms with E-state index < -0.39 is 0 Å². The number of fused-ring (bicyclic) bond motifs is 1. The van der Waals surface area contributed by atoms with Gasteiger partial charge in [0.2, 0.25) is 0 Å². The van der Waals surface area contributed by atoms with Crippen molar-refractivity contribution >= 4 is 34.9 Å². The average molecular weight is 319 g/mol. The molecule has 1 aromatic heterocycles. The number of nitrogens with zero attached hydrogens (tertiary/aromatic N) is 1. The number of ether oxygens (including phenoxy) is 1. The maximum atomic E-state index is 6.08. The second-order valence-corrected chi connectivity index (χ2v) is 5.66. The number of benzene rings is 2. The largest absolute Gasteiger partial charge is 0.497 e. The van der Waals surface area contributed by atoms with Crippen molar-refractivity contribution in [3.05, 3.63) is 57.8 Å². The molecule has 1 heterocycles. The van der Waals surface area contributed by atoms with Crippen molar-refractivity contribution in [2.45, 2.75) is 13.0 Å². The fourth-order valence-corrected chi connectivity index (χ4v) is 2.85. The summed E-state index contributed by atoms with van der Waals surface area (Å²) in [5, 5.41) is 0.717. The van der Waals surface area contributed by atoms with Crippen molar-refractivity contribution in [3.63, 3.8) is 0 Å². The molecular weight excluding hydrogens is 304 g/mol. The van der Waals surface area contributed by atoms with Crippen LogP contribution in [0.4, 0.5) is 0 Å². The summed E-state index contributed by atoms with van der Waals surface area (Å²) in [5.74, 6) is 0.870. The summed E-state index contributed by atoms with van der Waals surface area (Å²) in [6.45, 7) is 0.811. The third-order valence-corrected chi connectivity index (χ3v) is 4.08. The van der Waals surface area contributed by atoms with Gasteiger partial charge in [0.15, 0.2) is 4.77 Å². The van der Waals surface area contributed by atoms with Crippen molar-refractivity contribution in [3.8, 4) is 5.75 Å². The van der Waals surface area contributed by atoms with Gasteiger partial charge in [0, 0.05) is 11.6 Å². The fraction of sp³-hybridized carbons (Fsp3) is 0.188. The van der Waals surface area contributed by atoms with E-state index in [-0.39, 0.29) is 0 Å². The highest BCUT2D eigenvalue weighted by Gasteiger charge is 2.05. The lowest BCUT2D eigenvalue weighted by Crippen LogP contribution is -2.01. The topological polar surface area (TPSA) is 29.9 Å². The molecule has 1 N–H and O–H groups in total. The summed E-state index contributed by atoms with van der Waals surface area (Å²) in [6, 6.07) is 13.9. The van der Waals surface area contributed by atoms with E-state index in [4.69, 9.17) is 28.6 Å². The first-order chi connectivity index (χ1) is 10.2. The van der Waals surface area contributed by atoms with E-state index in [0.29, 0.717) is 0 Å². The van der Waals surface area contributed by atoms with E-state index in [1.807, 2.05) is 30.3 Å².